The van der Waals surface area contributed by atoms with Gasteiger partial charge in [-0.1, -0.05) is 24.3 Å². The minimum absolute atomic E-state index is 0.0773. The molecule has 0 spiro atoms. The highest BCUT2D eigenvalue weighted by Gasteiger charge is 2.03. The van der Waals surface area contributed by atoms with Crippen molar-refractivity contribution in [2.45, 2.75) is 0 Å². The summed E-state index contributed by atoms with van der Waals surface area (Å²) in [7, 11) is 0. The van der Waals surface area contributed by atoms with Crippen molar-refractivity contribution in [1.82, 2.24) is 0 Å². The smallest absolute Gasteiger partial charge is 0.127 e. The Labute approximate surface area is 87.5 Å². The number of anilines is 1. The van der Waals surface area contributed by atoms with Crippen LogP contribution in [-0.4, -0.2) is 13.3 Å². The van der Waals surface area contributed by atoms with Gasteiger partial charge in [-0.2, -0.15) is 0 Å². The number of halogens is 1. The van der Waals surface area contributed by atoms with Gasteiger partial charge in [0, 0.05) is 16.5 Å². The van der Waals surface area contributed by atoms with E-state index in [1.54, 1.807) is 12.1 Å². The van der Waals surface area contributed by atoms with Crippen LogP contribution < -0.4 is 10.5 Å². The average molecular weight is 205 g/mol. The number of benzene rings is 2. The summed E-state index contributed by atoms with van der Waals surface area (Å²) < 4.78 is 17.3. The fourth-order valence-corrected chi connectivity index (χ4v) is 1.57. The minimum atomic E-state index is -0.487. The third-order valence-corrected chi connectivity index (χ3v) is 2.25. The van der Waals surface area contributed by atoms with E-state index in [9.17, 15) is 4.39 Å². The minimum Gasteiger partial charge on any atom is -0.490 e. The van der Waals surface area contributed by atoms with Crippen LogP contribution in [0.1, 0.15) is 0 Å². The van der Waals surface area contributed by atoms with Gasteiger partial charge in [0.2, 0.25) is 0 Å². The first-order valence-electron chi connectivity index (χ1n) is 4.79. The van der Waals surface area contributed by atoms with Gasteiger partial charge in [0.05, 0.1) is 0 Å². The summed E-state index contributed by atoms with van der Waals surface area (Å²) in [6.45, 7) is -0.410. The summed E-state index contributed by atoms with van der Waals surface area (Å²) in [5.41, 5.74) is 6.53. The molecule has 2 N–H and O–H groups in total. The van der Waals surface area contributed by atoms with E-state index >= 15 is 0 Å². The number of hydrogen-bond acceptors (Lipinski definition) is 2. The van der Waals surface area contributed by atoms with Crippen molar-refractivity contribution in [3.05, 3.63) is 36.4 Å². The van der Waals surface area contributed by atoms with Crippen LogP contribution in [0.25, 0.3) is 10.8 Å². The van der Waals surface area contributed by atoms with Gasteiger partial charge in [-0.3, -0.25) is 0 Å². The first kappa shape index (κ1) is 9.77. The number of nitrogens with two attached hydrogens (primary N) is 1. The second-order valence-electron chi connectivity index (χ2n) is 3.24. The van der Waals surface area contributed by atoms with Crippen molar-refractivity contribution in [2.24, 2.45) is 0 Å². The lowest BCUT2D eigenvalue weighted by Crippen LogP contribution is -1.99. The predicted octanol–water partition coefficient (Wildman–Crippen LogP) is 2.77. The fourth-order valence-electron chi connectivity index (χ4n) is 1.57. The number of fused-ring (bicyclic) bond motifs is 1. The van der Waals surface area contributed by atoms with E-state index in [0.29, 0.717) is 11.4 Å². The van der Waals surface area contributed by atoms with Crippen molar-refractivity contribution in [2.75, 3.05) is 19.0 Å². The maximum absolute atomic E-state index is 12.0. The number of alkyl halides is 1. The van der Waals surface area contributed by atoms with Crippen molar-refractivity contribution in [3.63, 3.8) is 0 Å². The Kier molecular flexibility index (Phi) is 2.72. The van der Waals surface area contributed by atoms with Gasteiger partial charge in [0.1, 0.15) is 19.0 Å². The van der Waals surface area contributed by atoms with Gasteiger partial charge in [0.25, 0.3) is 0 Å². The molecule has 0 saturated heterocycles. The van der Waals surface area contributed by atoms with Crippen molar-refractivity contribution in [1.29, 1.82) is 0 Å². The van der Waals surface area contributed by atoms with E-state index in [2.05, 4.69) is 0 Å². The molecule has 2 aromatic rings. The van der Waals surface area contributed by atoms with E-state index in [1.165, 1.54) is 0 Å². The molecule has 0 amide bonds. The molecule has 0 atom stereocenters. The van der Waals surface area contributed by atoms with Gasteiger partial charge in [-0.15, -0.1) is 0 Å². The maximum Gasteiger partial charge on any atom is 0.127 e. The van der Waals surface area contributed by atoms with Crippen LogP contribution in [0.5, 0.6) is 5.75 Å². The van der Waals surface area contributed by atoms with E-state index in [4.69, 9.17) is 10.5 Å². The summed E-state index contributed by atoms with van der Waals surface area (Å²) >= 11 is 0. The number of nitrogen functional groups attached to an aromatic ring is 1. The van der Waals surface area contributed by atoms with Crippen LogP contribution >= 0.6 is 0 Å². The predicted molar refractivity (Wildman–Crippen MR) is 59.8 cm³/mol. The number of ether oxygens (including phenoxy) is 1. The van der Waals surface area contributed by atoms with Crippen LogP contribution in [0.3, 0.4) is 0 Å². The highest BCUT2D eigenvalue weighted by atomic mass is 19.1. The maximum atomic E-state index is 12.0. The molecule has 0 aliphatic rings. The van der Waals surface area contributed by atoms with E-state index < -0.39 is 6.67 Å². The molecule has 3 heteroatoms. The van der Waals surface area contributed by atoms with Crippen molar-refractivity contribution < 1.29 is 9.13 Å². The summed E-state index contributed by atoms with van der Waals surface area (Å²) in [6, 6.07) is 11.2. The SMILES string of the molecule is Nc1ccc(OCCF)c2ccccc12. The summed E-state index contributed by atoms with van der Waals surface area (Å²) in [5.74, 6) is 0.678. The number of hydrogen-bond donors (Lipinski definition) is 1. The highest BCUT2D eigenvalue weighted by molar-refractivity contribution is 5.96. The molecule has 2 nitrogen and oxygen atoms in total. The largest absolute Gasteiger partial charge is 0.490 e. The summed E-state index contributed by atoms with van der Waals surface area (Å²) in [6.07, 6.45) is 0. The summed E-state index contributed by atoms with van der Waals surface area (Å²) in [4.78, 5) is 0. The molecule has 0 aromatic heterocycles. The fraction of sp³-hybridized carbons (Fsp3) is 0.167. The molecule has 0 unspecified atom stereocenters. The molecule has 2 aromatic carbocycles. The zero-order valence-corrected chi connectivity index (χ0v) is 8.24. The van der Waals surface area contributed by atoms with Gasteiger partial charge in [-0.05, 0) is 12.1 Å². The molecular weight excluding hydrogens is 193 g/mol. The molecule has 0 bridgehead atoms. The molecule has 0 radical (unpaired) electrons. The normalized spacial score (nSPS) is 10.5. The Bertz CT molecular complexity index is 470. The topological polar surface area (TPSA) is 35.2 Å². The lowest BCUT2D eigenvalue weighted by atomic mass is 10.1. The van der Waals surface area contributed by atoms with Gasteiger partial charge < -0.3 is 10.5 Å². The zero-order chi connectivity index (χ0) is 10.7. The van der Waals surface area contributed by atoms with Crippen LogP contribution in [0.2, 0.25) is 0 Å². The Hall–Kier alpha value is -1.77. The number of rotatable bonds is 3. The molecule has 78 valence electrons. The Balaban J connectivity index is 2.51. The average Bonchev–Trinajstić information content (AvgIpc) is 2.29. The Morgan fingerprint density at radius 3 is 2.53 bits per heavy atom. The molecule has 0 fully saturated rings. The third kappa shape index (κ3) is 1.86. The third-order valence-electron chi connectivity index (χ3n) is 2.25. The van der Waals surface area contributed by atoms with Crippen LogP contribution in [0.4, 0.5) is 10.1 Å². The quantitative estimate of drug-likeness (QED) is 0.782. The molecule has 15 heavy (non-hydrogen) atoms. The molecule has 0 saturated carbocycles. The second kappa shape index (κ2) is 4.17. The molecule has 0 heterocycles. The molecule has 0 aliphatic carbocycles. The zero-order valence-electron chi connectivity index (χ0n) is 8.24. The summed E-state index contributed by atoms with van der Waals surface area (Å²) in [5, 5.41) is 1.86. The Morgan fingerprint density at radius 2 is 1.80 bits per heavy atom. The van der Waals surface area contributed by atoms with E-state index in [0.717, 1.165) is 10.8 Å². The molecular formula is C12H12FNO. The molecule has 2 rings (SSSR count). The first-order chi connectivity index (χ1) is 7.33. The lowest BCUT2D eigenvalue weighted by Gasteiger charge is -2.09. The van der Waals surface area contributed by atoms with Crippen LogP contribution in [0.15, 0.2) is 36.4 Å². The van der Waals surface area contributed by atoms with Crippen LogP contribution in [0, 0.1) is 0 Å². The van der Waals surface area contributed by atoms with Crippen molar-refractivity contribution in [3.8, 4) is 5.75 Å². The molecule has 0 aliphatic heterocycles. The second-order valence-corrected chi connectivity index (χ2v) is 3.24. The lowest BCUT2D eigenvalue weighted by molar-refractivity contribution is 0.276. The van der Waals surface area contributed by atoms with Gasteiger partial charge >= 0.3 is 0 Å². The van der Waals surface area contributed by atoms with E-state index in [-0.39, 0.29) is 6.61 Å². The van der Waals surface area contributed by atoms with Gasteiger partial charge in [-0.25, -0.2) is 4.39 Å². The first-order valence-corrected chi connectivity index (χ1v) is 4.79. The highest BCUT2D eigenvalue weighted by Crippen LogP contribution is 2.29. The Morgan fingerprint density at radius 1 is 1.07 bits per heavy atom. The van der Waals surface area contributed by atoms with E-state index in [1.807, 2.05) is 24.3 Å². The van der Waals surface area contributed by atoms with Gasteiger partial charge in [0.15, 0.2) is 0 Å². The monoisotopic (exact) mass is 205 g/mol. The van der Waals surface area contributed by atoms with Crippen molar-refractivity contribution >= 4 is 16.5 Å². The van der Waals surface area contributed by atoms with Crippen LogP contribution in [-0.2, 0) is 0 Å². The standard InChI is InChI=1S/C12H12FNO/c13-7-8-15-12-6-5-11(14)9-3-1-2-4-10(9)12/h1-6H,7-8,14H2.